The molecular formula is C11H11N3O2. The smallest absolute Gasteiger partial charge is 0.222 e. The van der Waals surface area contributed by atoms with E-state index >= 15 is 0 Å². The van der Waals surface area contributed by atoms with E-state index in [2.05, 4.69) is 10.1 Å². The number of ether oxygens (including phenoxy) is 1. The van der Waals surface area contributed by atoms with Gasteiger partial charge >= 0.3 is 0 Å². The van der Waals surface area contributed by atoms with Crippen LogP contribution in [-0.4, -0.2) is 21.1 Å². The fraction of sp³-hybridized carbons (Fsp3) is 0.182. The molecular weight excluding hydrogens is 206 g/mol. The summed E-state index contributed by atoms with van der Waals surface area (Å²) in [6, 6.07) is 1.73. The fourth-order valence-corrected chi connectivity index (χ4v) is 1.32. The van der Waals surface area contributed by atoms with Gasteiger partial charge in [-0.05, 0) is 13.0 Å². The highest BCUT2D eigenvalue weighted by Gasteiger charge is 2.05. The number of hydrogen-bond acceptors (Lipinski definition) is 4. The molecule has 0 aliphatic heterocycles. The molecule has 5 nitrogen and oxygen atoms in total. The summed E-state index contributed by atoms with van der Waals surface area (Å²) >= 11 is 0. The zero-order valence-electron chi connectivity index (χ0n) is 9.04. The molecule has 0 aliphatic rings. The van der Waals surface area contributed by atoms with E-state index in [1.807, 2.05) is 14.0 Å². The first-order valence-electron chi connectivity index (χ1n) is 4.77. The van der Waals surface area contributed by atoms with Gasteiger partial charge in [0.15, 0.2) is 12.0 Å². The van der Waals surface area contributed by atoms with E-state index < -0.39 is 0 Å². The number of carbonyl (C=O) groups is 1. The Labute approximate surface area is 92.7 Å². The molecule has 2 aromatic heterocycles. The SMILES string of the molecule is Cc1cc(C=O)cnc1Oc1cnn(C)c1. The second-order valence-electron chi connectivity index (χ2n) is 3.46. The van der Waals surface area contributed by atoms with Gasteiger partial charge in [-0.15, -0.1) is 0 Å². The number of aryl methyl sites for hydroxylation is 2. The maximum absolute atomic E-state index is 10.5. The summed E-state index contributed by atoms with van der Waals surface area (Å²) in [6.45, 7) is 1.84. The molecule has 0 saturated carbocycles. The van der Waals surface area contributed by atoms with E-state index in [9.17, 15) is 4.79 Å². The number of nitrogens with zero attached hydrogens (tertiary/aromatic N) is 3. The number of carbonyl (C=O) groups excluding carboxylic acids is 1. The Bertz CT molecular complexity index is 520. The molecule has 5 heteroatoms. The Morgan fingerprint density at radius 2 is 2.25 bits per heavy atom. The largest absolute Gasteiger partial charge is 0.435 e. The van der Waals surface area contributed by atoms with Gasteiger partial charge in [0.1, 0.15) is 0 Å². The van der Waals surface area contributed by atoms with Crippen molar-refractivity contribution in [2.45, 2.75) is 6.92 Å². The highest BCUT2D eigenvalue weighted by atomic mass is 16.5. The molecule has 82 valence electrons. The zero-order chi connectivity index (χ0) is 11.5. The Morgan fingerprint density at radius 1 is 1.44 bits per heavy atom. The third-order valence-corrected chi connectivity index (χ3v) is 2.08. The quantitative estimate of drug-likeness (QED) is 0.734. The van der Waals surface area contributed by atoms with Crippen LogP contribution in [0.1, 0.15) is 15.9 Å². The van der Waals surface area contributed by atoms with Crippen molar-refractivity contribution in [3.8, 4) is 11.6 Å². The van der Waals surface area contributed by atoms with Crippen LogP contribution >= 0.6 is 0 Å². The van der Waals surface area contributed by atoms with Gasteiger partial charge in [-0.25, -0.2) is 4.98 Å². The van der Waals surface area contributed by atoms with Crippen molar-refractivity contribution in [3.05, 3.63) is 35.8 Å². The van der Waals surface area contributed by atoms with Gasteiger partial charge in [0.05, 0.1) is 12.4 Å². The molecule has 0 bridgehead atoms. The minimum absolute atomic E-state index is 0.485. The summed E-state index contributed by atoms with van der Waals surface area (Å²) in [7, 11) is 1.81. The molecule has 0 aliphatic carbocycles. The molecule has 0 unspecified atom stereocenters. The van der Waals surface area contributed by atoms with E-state index in [0.717, 1.165) is 11.8 Å². The summed E-state index contributed by atoms with van der Waals surface area (Å²) in [5, 5.41) is 3.98. The van der Waals surface area contributed by atoms with Crippen LogP contribution < -0.4 is 4.74 Å². The number of aromatic nitrogens is 3. The molecule has 0 fully saturated rings. The number of rotatable bonds is 3. The first-order chi connectivity index (χ1) is 7.69. The van der Waals surface area contributed by atoms with Crippen molar-refractivity contribution in [3.63, 3.8) is 0 Å². The number of pyridine rings is 1. The highest BCUT2D eigenvalue weighted by molar-refractivity contribution is 5.74. The van der Waals surface area contributed by atoms with E-state index in [4.69, 9.17) is 4.74 Å². The summed E-state index contributed by atoms with van der Waals surface area (Å²) in [4.78, 5) is 14.6. The van der Waals surface area contributed by atoms with Crippen molar-refractivity contribution >= 4 is 6.29 Å². The summed E-state index contributed by atoms with van der Waals surface area (Å²) in [5.74, 6) is 1.11. The third-order valence-electron chi connectivity index (χ3n) is 2.08. The summed E-state index contributed by atoms with van der Waals surface area (Å²) in [5.41, 5.74) is 1.35. The van der Waals surface area contributed by atoms with Crippen LogP contribution in [0.3, 0.4) is 0 Å². The van der Waals surface area contributed by atoms with Gasteiger partial charge < -0.3 is 4.74 Å². The Morgan fingerprint density at radius 3 is 2.81 bits per heavy atom. The van der Waals surface area contributed by atoms with Crippen LogP contribution in [0.5, 0.6) is 11.6 Å². The maximum Gasteiger partial charge on any atom is 0.222 e. The third kappa shape index (κ3) is 2.08. The number of hydrogen-bond donors (Lipinski definition) is 0. The van der Waals surface area contributed by atoms with Crippen LogP contribution in [0.25, 0.3) is 0 Å². The molecule has 0 spiro atoms. The normalized spacial score (nSPS) is 10.1. The van der Waals surface area contributed by atoms with Crippen LogP contribution in [0.2, 0.25) is 0 Å². The van der Waals surface area contributed by atoms with Crippen molar-refractivity contribution < 1.29 is 9.53 Å². The highest BCUT2D eigenvalue weighted by Crippen LogP contribution is 2.21. The standard InChI is InChI=1S/C11H11N3O2/c1-8-3-9(7-15)4-12-11(8)16-10-5-13-14(2)6-10/h3-7H,1-2H3. The molecule has 0 N–H and O–H groups in total. The van der Waals surface area contributed by atoms with E-state index in [0.29, 0.717) is 17.2 Å². The lowest BCUT2D eigenvalue weighted by atomic mass is 10.2. The second-order valence-corrected chi connectivity index (χ2v) is 3.46. The second kappa shape index (κ2) is 4.14. The fourth-order valence-electron chi connectivity index (χ4n) is 1.32. The molecule has 0 atom stereocenters. The Balaban J connectivity index is 2.25. The van der Waals surface area contributed by atoms with Gasteiger partial charge in [-0.3, -0.25) is 9.48 Å². The van der Waals surface area contributed by atoms with Crippen LogP contribution in [-0.2, 0) is 7.05 Å². The van der Waals surface area contributed by atoms with E-state index in [1.165, 1.54) is 6.20 Å². The van der Waals surface area contributed by atoms with Crippen LogP contribution in [0, 0.1) is 6.92 Å². The lowest BCUT2D eigenvalue weighted by molar-refractivity contribution is 0.112. The molecule has 2 aromatic rings. The predicted molar refractivity (Wildman–Crippen MR) is 57.6 cm³/mol. The minimum atomic E-state index is 0.485. The minimum Gasteiger partial charge on any atom is -0.435 e. The molecule has 2 heterocycles. The van der Waals surface area contributed by atoms with E-state index in [-0.39, 0.29) is 0 Å². The van der Waals surface area contributed by atoms with E-state index in [1.54, 1.807) is 23.1 Å². The van der Waals surface area contributed by atoms with Crippen molar-refractivity contribution in [1.29, 1.82) is 0 Å². The van der Waals surface area contributed by atoms with Crippen molar-refractivity contribution in [2.75, 3.05) is 0 Å². The van der Waals surface area contributed by atoms with Gasteiger partial charge in [0.2, 0.25) is 5.88 Å². The molecule has 0 aromatic carbocycles. The zero-order valence-corrected chi connectivity index (χ0v) is 9.04. The number of aldehydes is 1. The maximum atomic E-state index is 10.5. The summed E-state index contributed by atoms with van der Waals surface area (Å²) < 4.78 is 7.16. The molecule has 16 heavy (non-hydrogen) atoms. The Hall–Kier alpha value is -2.17. The molecule has 0 saturated heterocycles. The molecule has 2 rings (SSSR count). The van der Waals surface area contributed by atoms with Crippen LogP contribution in [0.15, 0.2) is 24.7 Å². The van der Waals surface area contributed by atoms with Gasteiger partial charge in [0, 0.05) is 24.4 Å². The first-order valence-corrected chi connectivity index (χ1v) is 4.77. The average molecular weight is 217 g/mol. The Kier molecular flexibility index (Phi) is 2.68. The van der Waals surface area contributed by atoms with Gasteiger partial charge in [-0.2, -0.15) is 5.10 Å². The average Bonchev–Trinajstić information content (AvgIpc) is 2.67. The predicted octanol–water partition coefficient (Wildman–Crippen LogP) is 1.73. The summed E-state index contributed by atoms with van der Waals surface area (Å²) in [6.07, 6.45) is 5.59. The topological polar surface area (TPSA) is 57.0 Å². The van der Waals surface area contributed by atoms with Crippen molar-refractivity contribution in [1.82, 2.24) is 14.8 Å². The van der Waals surface area contributed by atoms with Gasteiger partial charge in [-0.1, -0.05) is 0 Å². The van der Waals surface area contributed by atoms with Crippen molar-refractivity contribution in [2.24, 2.45) is 7.05 Å². The lowest BCUT2D eigenvalue weighted by Gasteiger charge is -2.04. The first kappa shape index (κ1) is 10.4. The van der Waals surface area contributed by atoms with Gasteiger partial charge in [0.25, 0.3) is 0 Å². The van der Waals surface area contributed by atoms with Crippen LogP contribution in [0.4, 0.5) is 0 Å². The molecule has 0 amide bonds. The monoisotopic (exact) mass is 217 g/mol. The molecule has 0 radical (unpaired) electrons. The lowest BCUT2D eigenvalue weighted by Crippen LogP contribution is -1.92.